The lowest BCUT2D eigenvalue weighted by atomic mass is 10.4. The molecule has 0 aromatic heterocycles. The lowest BCUT2D eigenvalue weighted by Gasteiger charge is -2.31. The van der Waals surface area contributed by atoms with Crippen LogP contribution in [0.2, 0.25) is 0 Å². The minimum Gasteiger partial charge on any atom is -0.335 e. The second-order valence-corrected chi connectivity index (χ2v) is 3.08. The Morgan fingerprint density at radius 1 is 1.30 bits per heavy atom. The van der Waals surface area contributed by atoms with Crippen LogP contribution in [0, 0.1) is 0 Å². The molecule has 0 aliphatic heterocycles. The van der Waals surface area contributed by atoms with Gasteiger partial charge in [-0.1, -0.05) is 6.92 Å². The van der Waals surface area contributed by atoms with Crippen LogP contribution in [-0.4, -0.2) is 38.5 Å². The molecule has 10 heavy (non-hydrogen) atoms. The van der Waals surface area contributed by atoms with Crippen LogP contribution in [0.15, 0.2) is 0 Å². The van der Waals surface area contributed by atoms with E-state index in [4.69, 9.17) is 4.74 Å². The van der Waals surface area contributed by atoms with Crippen LogP contribution in [-0.2, 0) is 4.74 Å². The highest BCUT2D eigenvalue weighted by Gasteiger charge is 2.16. The van der Waals surface area contributed by atoms with Crippen LogP contribution >= 0.6 is 0 Å². The first kappa shape index (κ1) is 9.92. The van der Waals surface area contributed by atoms with E-state index in [1.165, 1.54) is 13.0 Å². The maximum Gasteiger partial charge on any atom is 0.182 e. The summed E-state index contributed by atoms with van der Waals surface area (Å²) in [6.07, 6.45) is 1.23. The van der Waals surface area contributed by atoms with E-state index >= 15 is 0 Å². The smallest absolute Gasteiger partial charge is 0.182 e. The van der Waals surface area contributed by atoms with Gasteiger partial charge in [0.2, 0.25) is 0 Å². The SMILES string of the molecule is CCC[N+](C)(CC)COC. The number of methoxy groups -OCH3 is 1. The molecule has 0 fully saturated rings. The molecule has 0 aliphatic rings. The second kappa shape index (κ2) is 4.69. The molecule has 62 valence electrons. The van der Waals surface area contributed by atoms with Gasteiger partial charge in [-0.2, -0.15) is 0 Å². The Morgan fingerprint density at radius 2 is 1.90 bits per heavy atom. The first-order valence-electron chi connectivity index (χ1n) is 4.01. The fourth-order valence-electron chi connectivity index (χ4n) is 1.17. The number of quaternary nitrogens is 1. The van der Waals surface area contributed by atoms with Gasteiger partial charge >= 0.3 is 0 Å². The van der Waals surface area contributed by atoms with Crippen molar-refractivity contribution in [3.05, 3.63) is 0 Å². The molecule has 0 aromatic rings. The van der Waals surface area contributed by atoms with E-state index in [2.05, 4.69) is 20.9 Å². The highest BCUT2D eigenvalue weighted by molar-refractivity contribution is 4.28. The molecule has 0 saturated heterocycles. The Morgan fingerprint density at radius 3 is 2.20 bits per heavy atom. The first-order valence-corrected chi connectivity index (χ1v) is 4.01. The van der Waals surface area contributed by atoms with Gasteiger partial charge in [-0.15, -0.1) is 0 Å². The van der Waals surface area contributed by atoms with Crippen LogP contribution in [0.3, 0.4) is 0 Å². The Balaban J connectivity index is 3.69. The van der Waals surface area contributed by atoms with Crippen LogP contribution in [0.25, 0.3) is 0 Å². The summed E-state index contributed by atoms with van der Waals surface area (Å²) in [4.78, 5) is 0. The molecule has 0 spiro atoms. The van der Waals surface area contributed by atoms with Crippen molar-refractivity contribution in [3.63, 3.8) is 0 Å². The molecule has 0 aromatic carbocycles. The van der Waals surface area contributed by atoms with Crippen LogP contribution in [0.5, 0.6) is 0 Å². The monoisotopic (exact) mass is 146 g/mol. The molecule has 0 aliphatic carbocycles. The van der Waals surface area contributed by atoms with Gasteiger partial charge in [0.1, 0.15) is 0 Å². The molecular weight excluding hydrogens is 126 g/mol. The zero-order valence-electron chi connectivity index (χ0n) is 7.68. The van der Waals surface area contributed by atoms with Gasteiger partial charge in [-0.05, 0) is 13.3 Å². The maximum atomic E-state index is 5.12. The predicted molar refractivity (Wildman–Crippen MR) is 43.8 cm³/mol. The lowest BCUT2D eigenvalue weighted by Crippen LogP contribution is -2.45. The summed E-state index contributed by atoms with van der Waals surface area (Å²) in [5.41, 5.74) is 0. The highest BCUT2D eigenvalue weighted by Crippen LogP contribution is 2.02. The van der Waals surface area contributed by atoms with Crippen molar-refractivity contribution in [3.8, 4) is 0 Å². The summed E-state index contributed by atoms with van der Waals surface area (Å²) >= 11 is 0. The highest BCUT2D eigenvalue weighted by atomic mass is 16.5. The standard InChI is InChI=1S/C8H20NO/c1-5-7-9(3,6-2)8-10-4/h5-8H2,1-4H3/q+1. The molecule has 2 heteroatoms. The van der Waals surface area contributed by atoms with Gasteiger partial charge in [-0.25, -0.2) is 0 Å². The molecule has 0 heterocycles. The quantitative estimate of drug-likeness (QED) is 0.421. The molecule has 0 radical (unpaired) electrons. The van der Waals surface area contributed by atoms with Gasteiger partial charge in [-0.3, -0.25) is 0 Å². The van der Waals surface area contributed by atoms with Crippen molar-refractivity contribution in [2.45, 2.75) is 20.3 Å². The van der Waals surface area contributed by atoms with E-state index in [-0.39, 0.29) is 0 Å². The molecule has 0 amide bonds. The molecule has 0 N–H and O–H groups in total. The van der Waals surface area contributed by atoms with Gasteiger partial charge in [0.25, 0.3) is 0 Å². The Kier molecular flexibility index (Phi) is 4.65. The van der Waals surface area contributed by atoms with E-state index in [0.29, 0.717) is 0 Å². The lowest BCUT2D eigenvalue weighted by molar-refractivity contribution is -0.925. The van der Waals surface area contributed by atoms with Crippen molar-refractivity contribution in [1.29, 1.82) is 0 Å². The summed E-state index contributed by atoms with van der Waals surface area (Å²) in [5.74, 6) is 0. The number of hydrogen-bond donors (Lipinski definition) is 0. The average molecular weight is 146 g/mol. The molecule has 0 rings (SSSR count). The fraction of sp³-hybridized carbons (Fsp3) is 1.00. The van der Waals surface area contributed by atoms with Crippen molar-refractivity contribution in [2.75, 3.05) is 34.0 Å². The molecule has 0 saturated carbocycles. The number of ether oxygens (including phenoxy) is 1. The van der Waals surface area contributed by atoms with Gasteiger partial charge in [0, 0.05) is 7.11 Å². The minimum atomic E-state index is 0.838. The summed E-state index contributed by atoms with van der Waals surface area (Å²) in [5, 5.41) is 0. The largest absolute Gasteiger partial charge is 0.335 e. The van der Waals surface area contributed by atoms with Crippen LogP contribution in [0.4, 0.5) is 0 Å². The molecular formula is C8H20NO+. The molecule has 2 nitrogen and oxygen atoms in total. The van der Waals surface area contributed by atoms with E-state index < -0.39 is 0 Å². The van der Waals surface area contributed by atoms with Gasteiger partial charge < -0.3 is 9.22 Å². The second-order valence-electron chi connectivity index (χ2n) is 3.08. The zero-order chi connectivity index (χ0) is 8.04. The van der Waals surface area contributed by atoms with Crippen molar-refractivity contribution >= 4 is 0 Å². The Bertz CT molecular complexity index is 77.3. The van der Waals surface area contributed by atoms with Crippen LogP contribution in [0.1, 0.15) is 20.3 Å². The average Bonchev–Trinajstić information content (AvgIpc) is 1.89. The topological polar surface area (TPSA) is 9.23 Å². The first-order chi connectivity index (χ1) is 4.68. The third-order valence-corrected chi connectivity index (χ3v) is 1.97. The normalized spacial score (nSPS) is 16.8. The van der Waals surface area contributed by atoms with Gasteiger partial charge in [0.05, 0.1) is 20.1 Å². The van der Waals surface area contributed by atoms with Crippen LogP contribution < -0.4 is 0 Å². The summed E-state index contributed by atoms with van der Waals surface area (Å²) in [6.45, 7) is 7.62. The fourth-order valence-corrected chi connectivity index (χ4v) is 1.17. The summed E-state index contributed by atoms with van der Waals surface area (Å²) in [6, 6.07) is 0. The maximum absolute atomic E-state index is 5.12. The number of rotatable bonds is 5. The summed E-state index contributed by atoms with van der Waals surface area (Å²) < 4.78 is 6.16. The Hall–Kier alpha value is -0.0800. The van der Waals surface area contributed by atoms with Gasteiger partial charge in [0.15, 0.2) is 6.73 Å². The predicted octanol–water partition coefficient (Wildman–Crippen LogP) is 1.47. The third-order valence-electron chi connectivity index (χ3n) is 1.97. The molecule has 0 bridgehead atoms. The van der Waals surface area contributed by atoms with E-state index in [1.54, 1.807) is 7.11 Å². The van der Waals surface area contributed by atoms with Crippen molar-refractivity contribution in [2.24, 2.45) is 0 Å². The minimum absolute atomic E-state index is 0.838. The Labute approximate surface area is 64.4 Å². The number of hydrogen-bond acceptors (Lipinski definition) is 1. The molecule has 1 atom stereocenters. The van der Waals surface area contributed by atoms with Crippen molar-refractivity contribution < 1.29 is 9.22 Å². The van der Waals surface area contributed by atoms with E-state index in [1.807, 2.05) is 0 Å². The van der Waals surface area contributed by atoms with E-state index in [9.17, 15) is 0 Å². The summed E-state index contributed by atoms with van der Waals surface area (Å²) in [7, 11) is 3.99. The molecule has 1 unspecified atom stereocenters. The number of nitrogens with zero attached hydrogens (tertiary/aromatic N) is 1. The third kappa shape index (κ3) is 3.18. The van der Waals surface area contributed by atoms with Crippen molar-refractivity contribution in [1.82, 2.24) is 0 Å². The zero-order valence-corrected chi connectivity index (χ0v) is 7.68. The van der Waals surface area contributed by atoms with E-state index in [0.717, 1.165) is 17.8 Å².